The smallest absolute Gasteiger partial charge is 0.255 e. The monoisotopic (exact) mass is 417 g/mol. The van der Waals surface area contributed by atoms with E-state index in [0.29, 0.717) is 35.9 Å². The second kappa shape index (κ2) is 9.21. The number of nitrogens with one attached hydrogen (secondary N) is 1. The third-order valence-corrected chi connectivity index (χ3v) is 4.85. The fourth-order valence-electron chi connectivity index (χ4n) is 3.13. The first-order valence-corrected chi connectivity index (χ1v) is 9.98. The quantitative estimate of drug-likeness (QED) is 0.473. The number of ether oxygens (including phenoxy) is 1. The molecule has 0 bridgehead atoms. The molecule has 0 fully saturated rings. The first kappa shape index (κ1) is 20.3. The van der Waals surface area contributed by atoms with Gasteiger partial charge >= 0.3 is 0 Å². The van der Waals surface area contributed by atoms with Crippen molar-refractivity contribution >= 4 is 11.6 Å². The zero-order valence-electron chi connectivity index (χ0n) is 17.4. The first-order valence-electron chi connectivity index (χ1n) is 9.98. The fraction of sp³-hybridized carbons (Fsp3) is 0.227. The van der Waals surface area contributed by atoms with E-state index in [1.165, 1.54) is 11.1 Å². The molecule has 0 unspecified atom stereocenters. The van der Waals surface area contributed by atoms with Crippen molar-refractivity contribution in [1.29, 1.82) is 0 Å². The lowest BCUT2D eigenvalue weighted by molar-refractivity contribution is 0.102. The molecule has 0 saturated carbocycles. The third-order valence-electron chi connectivity index (χ3n) is 4.85. The van der Waals surface area contributed by atoms with Crippen molar-refractivity contribution in [1.82, 2.24) is 30.0 Å². The molecule has 2 heterocycles. The van der Waals surface area contributed by atoms with E-state index in [4.69, 9.17) is 4.74 Å². The molecule has 0 spiro atoms. The number of hydrogen-bond donors (Lipinski definition) is 1. The van der Waals surface area contributed by atoms with Crippen LogP contribution in [0.3, 0.4) is 0 Å². The molecule has 2 aromatic carbocycles. The summed E-state index contributed by atoms with van der Waals surface area (Å²) in [5.74, 6) is 0.950. The molecule has 0 aliphatic heterocycles. The minimum Gasteiger partial charge on any atom is -0.486 e. The van der Waals surface area contributed by atoms with Crippen molar-refractivity contribution in [2.75, 3.05) is 5.32 Å². The first-order chi connectivity index (χ1) is 15.1. The van der Waals surface area contributed by atoms with Crippen LogP contribution in [0.25, 0.3) is 0 Å². The van der Waals surface area contributed by atoms with Crippen LogP contribution in [0.15, 0.2) is 60.9 Å². The molecule has 4 rings (SSSR count). The van der Waals surface area contributed by atoms with Gasteiger partial charge in [-0.3, -0.25) is 9.48 Å². The number of rotatable bonds is 8. The van der Waals surface area contributed by atoms with Crippen LogP contribution in [-0.2, 0) is 19.7 Å². The van der Waals surface area contributed by atoms with Gasteiger partial charge in [0.1, 0.15) is 12.4 Å². The number of hydrogen-bond acceptors (Lipinski definition) is 6. The maximum absolute atomic E-state index is 12.7. The number of carbonyl (C=O) groups is 1. The molecule has 0 aliphatic carbocycles. The van der Waals surface area contributed by atoms with E-state index in [2.05, 4.69) is 45.0 Å². The van der Waals surface area contributed by atoms with Gasteiger partial charge in [0.25, 0.3) is 5.91 Å². The Morgan fingerprint density at radius 2 is 2.03 bits per heavy atom. The van der Waals surface area contributed by atoms with Gasteiger partial charge in [0, 0.05) is 18.3 Å². The Labute approximate surface area is 179 Å². The molecule has 0 radical (unpaired) electrons. The highest BCUT2D eigenvalue weighted by Gasteiger charge is 2.11. The fourth-order valence-corrected chi connectivity index (χ4v) is 3.13. The Bertz CT molecular complexity index is 1180. The highest BCUT2D eigenvalue weighted by molar-refractivity contribution is 6.04. The van der Waals surface area contributed by atoms with Crippen LogP contribution < -0.4 is 10.1 Å². The van der Waals surface area contributed by atoms with E-state index in [9.17, 15) is 4.79 Å². The van der Waals surface area contributed by atoms with Crippen LogP contribution in [0.2, 0.25) is 0 Å². The highest BCUT2D eigenvalue weighted by atomic mass is 16.5. The molecule has 2 aromatic heterocycles. The van der Waals surface area contributed by atoms with Crippen LogP contribution in [0.1, 0.15) is 34.2 Å². The number of carbonyl (C=O) groups excluding carboxylic acids is 1. The van der Waals surface area contributed by atoms with Gasteiger partial charge in [0.05, 0.1) is 18.4 Å². The Balaban J connectivity index is 1.38. The standard InChI is InChI=1S/C22H23N7O2/c1-3-29-21(25-26-27-29)15-31-20-10-6-9-17(11-20)22(30)24-19-12-23-28(14-19)13-18-8-5-4-7-16(18)2/h4-12,14H,3,13,15H2,1-2H3,(H,24,30). The average Bonchev–Trinajstić information content (AvgIpc) is 3.43. The van der Waals surface area contributed by atoms with E-state index in [0.717, 1.165) is 0 Å². The average molecular weight is 417 g/mol. The number of anilines is 1. The van der Waals surface area contributed by atoms with Crippen LogP contribution >= 0.6 is 0 Å². The summed E-state index contributed by atoms with van der Waals surface area (Å²) in [5, 5.41) is 18.7. The summed E-state index contributed by atoms with van der Waals surface area (Å²) in [5.41, 5.74) is 3.50. The summed E-state index contributed by atoms with van der Waals surface area (Å²) >= 11 is 0. The van der Waals surface area contributed by atoms with Crippen LogP contribution in [0.5, 0.6) is 5.75 Å². The number of tetrazole rings is 1. The summed E-state index contributed by atoms with van der Waals surface area (Å²) in [6, 6.07) is 15.1. The molecular formula is C22H23N7O2. The predicted molar refractivity (Wildman–Crippen MR) is 115 cm³/mol. The summed E-state index contributed by atoms with van der Waals surface area (Å²) in [6.45, 7) is 5.54. The molecule has 158 valence electrons. The Morgan fingerprint density at radius 1 is 1.16 bits per heavy atom. The molecule has 1 amide bonds. The summed E-state index contributed by atoms with van der Waals surface area (Å²) < 4.78 is 9.21. The van der Waals surface area contributed by atoms with Crippen molar-refractivity contribution in [3.05, 3.63) is 83.4 Å². The van der Waals surface area contributed by atoms with Crippen molar-refractivity contribution in [2.24, 2.45) is 0 Å². The van der Waals surface area contributed by atoms with Crippen LogP contribution in [0.4, 0.5) is 5.69 Å². The van der Waals surface area contributed by atoms with E-state index in [-0.39, 0.29) is 12.5 Å². The van der Waals surface area contributed by atoms with Gasteiger partial charge in [-0.2, -0.15) is 5.10 Å². The van der Waals surface area contributed by atoms with Gasteiger partial charge in [0.2, 0.25) is 0 Å². The van der Waals surface area contributed by atoms with Crippen LogP contribution in [-0.4, -0.2) is 35.9 Å². The second-order valence-corrected chi connectivity index (χ2v) is 7.03. The number of amides is 1. The molecule has 0 atom stereocenters. The summed E-state index contributed by atoms with van der Waals surface area (Å²) in [7, 11) is 0. The second-order valence-electron chi connectivity index (χ2n) is 7.03. The molecule has 0 saturated heterocycles. The topological polar surface area (TPSA) is 99.8 Å². The Hall–Kier alpha value is -4.01. The maximum atomic E-state index is 12.7. The largest absolute Gasteiger partial charge is 0.486 e. The minimum atomic E-state index is -0.237. The van der Waals surface area contributed by atoms with E-state index in [1.54, 1.807) is 39.8 Å². The molecule has 9 heteroatoms. The number of benzene rings is 2. The molecule has 0 aliphatic rings. The summed E-state index contributed by atoms with van der Waals surface area (Å²) in [6.07, 6.45) is 3.45. The molecule has 31 heavy (non-hydrogen) atoms. The Kier molecular flexibility index (Phi) is 6.02. The van der Waals surface area contributed by atoms with E-state index in [1.807, 2.05) is 25.3 Å². The SMILES string of the molecule is CCn1nnnc1COc1cccc(C(=O)Nc2cnn(Cc3ccccc3C)c2)c1. The van der Waals surface area contributed by atoms with E-state index < -0.39 is 0 Å². The summed E-state index contributed by atoms with van der Waals surface area (Å²) in [4.78, 5) is 12.7. The van der Waals surface area contributed by atoms with Crippen molar-refractivity contribution < 1.29 is 9.53 Å². The van der Waals surface area contributed by atoms with Gasteiger partial charge < -0.3 is 10.1 Å². The van der Waals surface area contributed by atoms with Crippen molar-refractivity contribution in [2.45, 2.75) is 33.5 Å². The van der Waals surface area contributed by atoms with Gasteiger partial charge in [0.15, 0.2) is 5.82 Å². The number of aryl methyl sites for hydroxylation is 2. The zero-order chi connectivity index (χ0) is 21.6. The minimum absolute atomic E-state index is 0.220. The van der Waals surface area contributed by atoms with Crippen molar-refractivity contribution in [3.8, 4) is 5.75 Å². The lowest BCUT2D eigenvalue weighted by Gasteiger charge is -2.08. The molecule has 9 nitrogen and oxygen atoms in total. The Morgan fingerprint density at radius 3 is 2.87 bits per heavy atom. The molecular weight excluding hydrogens is 394 g/mol. The van der Waals surface area contributed by atoms with Gasteiger partial charge in [-0.25, -0.2) is 4.68 Å². The zero-order valence-corrected chi connectivity index (χ0v) is 17.4. The van der Waals surface area contributed by atoms with Gasteiger partial charge in [-0.15, -0.1) is 5.10 Å². The van der Waals surface area contributed by atoms with Crippen molar-refractivity contribution in [3.63, 3.8) is 0 Å². The van der Waals surface area contributed by atoms with E-state index >= 15 is 0 Å². The van der Waals surface area contributed by atoms with Gasteiger partial charge in [-0.05, 0) is 53.6 Å². The maximum Gasteiger partial charge on any atom is 0.255 e. The van der Waals surface area contributed by atoms with Gasteiger partial charge in [-0.1, -0.05) is 30.3 Å². The lowest BCUT2D eigenvalue weighted by Crippen LogP contribution is -2.12. The normalized spacial score (nSPS) is 10.8. The third kappa shape index (κ3) is 4.95. The van der Waals surface area contributed by atoms with Crippen LogP contribution in [0, 0.1) is 6.92 Å². The number of nitrogens with zero attached hydrogens (tertiary/aromatic N) is 6. The predicted octanol–water partition coefficient (Wildman–Crippen LogP) is 3.08. The molecule has 4 aromatic rings. The lowest BCUT2D eigenvalue weighted by atomic mass is 10.1. The molecule has 1 N–H and O–H groups in total. The highest BCUT2D eigenvalue weighted by Crippen LogP contribution is 2.17. The number of aromatic nitrogens is 6.